The highest BCUT2D eigenvalue weighted by Crippen LogP contribution is 2.23. The molecule has 1 amide bonds. The Balaban J connectivity index is 2.18. The van der Waals surface area contributed by atoms with E-state index in [9.17, 15) is 14.9 Å². The topological polar surface area (TPSA) is 117 Å². The maximum Gasteiger partial charge on any atom is 0.339 e. The van der Waals surface area contributed by atoms with Crippen molar-refractivity contribution >= 4 is 40.5 Å². The van der Waals surface area contributed by atoms with E-state index < -0.39 is 11.9 Å². The second-order valence-electron chi connectivity index (χ2n) is 5.04. The van der Waals surface area contributed by atoms with E-state index in [1.807, 2.05) is 0 Å². The fourth-order valence-corrected chi connectivity index (χ4v) is 2.18. The summed E-state index contributed by atoms with van der Waals surface area (Å²) in [4.78, 5) is 24.0. The summed E-state index contributed by atoms with van der Waals surface area (Å²) in [5.74, 6) is -1.18. The summed E-state index contributed by atoms with van der Waals surface area (Å²) in [5, 5.41) is 14.8. The van der Waals surface area contributed by atoms with Crippen molar-refractivity contribution in [1.82, 2.24) is 0 Å². The number of nitrogens with one attached hydrogen (secondary N) is 2. The van der Waals surface area contributed by atoms with Crippen LogP contribution in [0.1, 0.15) is 10.4 Å². The molecule has 0 fully saturated rings. The van der Waals surface area contributed by atoms with Crippen molar-refractivity contribution in [2.24, 2.45) is 0 Å². The first-order chi connectivity index (χ1) is 12.5. The van der Waals surface area contributed by atoms with Crippen LogP contribution in [0.4, 0.5) is 17.1 Å². The summed E-state index contributed by atoms with van der Waals surface area (Å²) in [6.07, 6.45) is 1.20. The number of carbonyl (C=O) groups is 2. The lowest BCUT2D eigenvalue weighted by atomic mass is 10.2. The highest BCUT2D eigenvalue weighted by Gasteiger charge is 2.13. The fraction of sp³-hybridized carbons (Fsp3) is 0.0556. The van der Waals surface area contributed by atoms with Crippen LogP contribution in [0.3, 0.4) is 0 Å². The molecule has 2 rings (SSSR count). The maximum atomic E-state index is 12.2. The molecule has 2 aromatic carbocycles. The number of para-hydroxylation sites is 1. The van der Waals surface area contributed by atoms with Gasteiger partial charge in [-0.05, 0) is 30.3 Å². The van der Waals surface area contributed by atoms with Crippen LogP contribution in [-0.2, 0) is 9.53 Å². The predicted molar refractivity (Wildman–Crippen MR) is 99.6 cm³/mol. The zero-order valence-electron chi connectivity index (χ0n) is 13.7. The SMILES string of the molecule is COC(=O)c1ccccc1N/C=C(/C#N)C(=O)Nc1ccc(N)c(Cl)c1. The second kappa shape index (κ2) is 8.55. The van der Waals surface area contributed by atoms with E-state index in [0.717, 1.165) is 0 Å². The van der Waals surface area contributed by atoms with Gasteiger partial charge < -0.3 is 21.1 Å². The summed E-state index contributed by atoms with van der Waals surface area (Å²) < 4.78 is 4.69. The molecule has 2 aromatic rings. The lowest BCUT2D eigenvalue weighted by molar-refractivity contribution is -0.112. The van der Waals surface area contributed by atoms with Crippen molar-refractivity contribution in [2.75, 3.05) is 23.5 Å². The van der Waals surface area contributed by atoms with Crippen LogP contribution in [0.15, 0.2) is 54.2 Å². The number of benzene rings is 2. The maximum absolute atomic E-state index is 12.2. The first kappa shape index (κ1) is 18.8. The third-order valence-electron chi connectivity index (χ3n) is 3.33. The molecular weight excluding hydrogens is 356 g/mol. The quantitative estimate of drug-likeness (QED) is 0.322. The molecule has 0 saturated carbocycles. The summed E-state index contributed by atoms with van der Waals surface area (Å²) in [6.45, 7) is 0. The lowest BCUT2D eigenvalue weighted by Gasteiger charge is -2.09. The van der Waals surface area contributed by atoms with Crippen LogP contribution in [0.2, 0.25) is 5.02 Å². The van der Waals surface area contributed by atoms with Gasteiger partial charge in [-0.1, -0.05) is 23.7 Å². The Morgan fingerprint density at radius 1 is 1.27 bits per heavy atom. The minimum Gasteiger partial charge on any atom is -0.465 e. The molecule has 8 heteroatoms. The number of hydrogen-bond acceptors (Lipinski definition) is 6. The second-order valence-corrected chi connectivity index (χ2v) is 5.45. The van der Waals surface area contributed by atoms with E-state index in [4.69, 9.17) is 22.1 Å². The summed E-state index contributed by atoms with van der Waals surface area (Å²) in [5.41, 5.74) is 6.86. The van der Waals surface area contributed by atoms with Crippen LogP contribution in [0, 0.1) is 11.3 Å². The molecule has 0 atom stereocenters. The first-order valence-electron chi connectivity index (χ1n) is 7.36. The molecule has 132 valence electrons. The van der Waals surface area contributed by atoms with E-state index in [1.54, 1.807) is 42.5 Å². The van der Waals surface area contributed by atoms with Crippen molar-refractivity contribution in [3.63, 3.8) is 0 Å². The van der Waals surface area contributed by atoms with Crippen LogP contribution in [0.5, 0.6) is 0 Å². The Kier molecular flexibility index (Phi) is 6.20. The molecule has 0 aliphatic carbocycles. The molecule has 0 aromatic heterocycles. The van der Waals surface area contributed by atoms with Gasteiger partial charge >= 0.3 is 5.97 Å². The van der Waals surface area contributed by atoms with Gasteiger partial charge in [0.2, 0.25) is 0 Å². The molecule has 26 heavy (non-hydrogen) atoms. The predicted octanol–water partition coefficient (Wildman–Crippen LogP) is 3.17. The van der Waals surface area contributed by atoms with Crippen LogP contribution in [-0.4, -0.2) is 19.0 Å². The smallest absolute Gasteiger partial charge is 0.339 e. The summed E-state index contributed by atoms with van der Waals surface area (Å²) in [6, 6.07) is 12.9. The van der Waals surface area contributed by atoms with Gasteiger partial charge in [-0.2, -0.15) is 5.26 Å². The van der Waals surface area contributed by atoms with Crippen molar-refractivity contribution in [1.29, 1.82) is 5.26 Å². The molecule has 0 spiro atoms. The molecular formula is C18H15ClN4O3. The van der Waals surface area contributed by atoms with Gasteiger partial charge in [0.1, 0.15) is 11.6 Å². The van der Waals surface area contributed by atoms with Gasteiger partial charge in [-0.15, -0.1) is 0 Å². The number of anilines is 3. The van der Waals surface area contributed by atoms with Gasteiger partial charge in [-0.3, -0.25) is 4.79 Å². The van der Waals surface area contributed by atoms with Gasteiger partial charge in [0, 0.05) is 11.9 Å². The van der Waals surface area contributed by atoms with E-state index in [1.165, 1.54) is 19.4 Å². The van der Waals surface area contributed by atoms with E-state index in [-0.39, 0.29) is 16.2 Å². The Morgan fingerprint density at radius 2 is 2.00 bits per heavy atom. The molecule has 4 N–H and O–H groups in total. The number of amides is 1. The molecule has 0 radical (unpaired) electrons. The first-order valence-corrected chi connectivity index (χ1v) is 7.74. The Hall–Kier alpha value is -3.50. The van der Waals surface area contributed by atoms with Gasteiger partial charge in [-0.25, -0.2) is 4.79 Å². The van der Waals surface area contributed by atoms with Crippen molar-refractivity contribution in [2.45, 2.75) is 0 Å². The molecule has 0 aliphatic heterocycles. The Labute approximate surface area is 155 Å². The van der Waals surface area contributed by atoms with Gasteiger partial charge in [0.15, 0.2) is 0 Å². The highest BCUT2D eigenvalue weighted by molar-refractivity contribution is 6.33. The van der Waals surface area contributed by atoms with E-state index in [2.05, 4.69) is 10.6 Å². The lowest BCUT2D eigenvalue weighted by Crippen LogP contribution is -2.15. The average molecular weight is 371 g/mol. The Morgan fingerprint density at radius 3 is 2.65 bits per heavy atom. The van der Waals surface area contributed by atoms with E-state index >= 15 is 0 Å². The number of ether oxygens (including phenoxy) is 1. The standard InChI is InChI=1S/C18H15ClN4O3/c1-26-18(25)13-4-2-3-5-16(13)22-10-11(9-20)17(24)23-12-6-7-15(21)14(19)8-12/h2-8,10,22H,21H2,1H3,(H,23,24)/b11-10-. The summed E-state index contributed by atoms with van der Waals surface area (Å²) in [7, 11) is 1.26. The number of nitriles is 1. The van der Waals surface area contributed by atoms with Crippen LogP contribution in [0.25, 0.3) is 0 Å². The number of nitrogens with two attached hydrogens (primary N) is 1. The van der Waals surface area contributed by atoms with Crippen LogP contribution < -0.4 is 16.4 Å². The minimum atomic E-state index is -0.642. The molecule has 0 saturated heterocycles. The van der Waals surface area contributed by atoms with Crippen molar-refractivity contribution in [3.8, 4) is 6.07 Å². The minimum absolute atomic E-state index is 0.197. The highest BCUT2D eigenvalue weighted by atomic mass is 35.5. The van der Waals surface area contributed by atoms with Crippen molar-refractivity contribution < 1.29 is 14.3 Å². The number of hydrogen-bond donors (Lipinski definition) is 3. The number of methoxy groups -OCH3 is 1. The number of nitrogen functional groups attached to an aromatic ring is 1. The third kappa shape index (κ3) is 4.53. The summed E-state index contributed by atoms with van der Waals surface area (Å²) >= 11 is 5.90. The molecule has 0 unspecified atom stereocenters. The number of carbonyl (C=O) groups excluding carboxylic acids is 2. The zero-order valence-corrected chi connectivity index (χ0v) is 14.5. The van der Waals surface area contributed by atoms with E-state index in [0.29, 0.717) is 17.1 Å². The average Bonchev–Trinajstić information content (AvgIpc) is 2.65. The Bertz CT molecular complexity index is 919. The molecule has 0 aliphatic rings. The van der Waals surface area contributed by atoms with Crippen LogP contribution >= 0.6 is 11.6 Å². The van der Waals surface area contributed by atoms with Gasteiger partial charge in [0.25, 0.3) is 5.91 Å². The number of nitrogens with zero attached hydrogens (tertiary/aromatic N) is 1. The zero-order chi connectivity index (χ0) is 19.1. The monoisotopic (exact) mass is 370 g/mol. The molecule has 0 bridgehead atoms. The molecule has 0 heterocycles. The van der Waals surface area contributed by atoms with Gasteiger partial charge in [0.05, 0.1) is 29.1 Å². The number of esters is 1. The number of rotatable bonds is 5. The largest absolute Gasteiger partial charge is 0.465 e. The fourth-order valence-electron chi connectivity index (χ4n) is 2.00. The molecule has 7 nitrogen and oxygen atoms in total. The normalized spacial score (nSPS) is 10.6. The van der Waals surface area contributed by atoms with Crippen molar-refractivity contribution in [3.05, 3.63) is 64.8 Å². The number of halogens is 1. The third-order valence-corrected chi connectivity index (χ3v) is 3.66.